The third-order valence-electron chi connectivity index (χ3n) is 3.42. The molecule has 0 spiro atoms. The Morgan fingerprint density at radius 1 is 1.18 bits per heavy atom. The van der Waals surface area contributed by atoms with Crippen molar-refractivity contribution in [2.75, 3.05) is 13.1 Å². The molecule has 1 heterocycles. The highest BCUT2D eigenvalue weighted by atomic mass is 32.1. The van der Waals surface area contributed by atoms with Crippen LogP contribution in [-0.2, 0) is 12.0 Å². The van der Waals surface area contributed by atoms with Crippen molar-refractivity contribution in [1.82, 2.24) is 10.6 Å². The quantitative estimate of drug-likeness (QED) is 0.687. The maximum absolute atomic E-state index is 11.7. The van der Waals surface area contributed by atoms with Gasteiger partial charge in [0.25, 0.3) is 0 Å². The van der Waals surface area contributed by atoms with Gasteiger partial charge in [-0.15, -0.1) is 11.3 Å². The number of aliphatic hydroxyl groups is 1. The van der Waals surface area contributed by atoms with Crippen LogP contribution in [-0.4, -0.2) is 24.2 Å². The number of rotatable bonds is 7. The largest absolute Gasteiger partial charge is 0.383 e. The fraction of sp³-hybridized carbons (Fsp3) is 0.353. The van der Waals surface area contributed by atoms with Crippen LogP contribution in [0.2, 0.25) is 0 Å². The smallest absolute Gasteiger partial charge is 0.314 e. The Balaban J connectivity index is 1.64. The van der Waals surface area contributed by atoms with E-state index in [2.05, 4.69) is 22.8 Å². The van der Waals surface area contributed by atoms with Crippen LogP contribution in [0.25, 0.3) is 0 Å². The van der Waals surface area contributed by atoms with Crippen molar-refractivity contribution < 1.29 is 9.90 Å². The molecule has 0 aliphatic carbocycles. The standard InChI is InChI=1S/C17H22N2O2S/c1-17(21,15-10-6-12-22-15)13-19-16(20)18-11-5-9-14-7-3-2-4-8-14/h2-4,6-8,10,12,21H,5,9,11,13H2,1H3,(H2,18,19,20). The van der Waals surface area contributed by atoms with Gasteiger partial charge in [-0.3, -0.25) is 0 Å². The number of carbonyl (C=O) groups is 1. The van der Waals surface area contributed by atoms with E-state index in [1.807, 2.05) is 35.7 Å². The van der Waals surface area contributed by atoms with Gasteiger partial charge in [-0.1, -0.05) is 36.4 Å². The van der Waals surface area contributed by atoms with E-state index in [1.165, 1.54) is 16.9 Å². The highest BCUT2D eigenvalue weighted by Crippen LogP contribution is 2.24. The second-order valence-corrected chi connectivity index (χ2v) is 6.40. The molecule has 1 unspecified atom stereocenters. The molecule has 3 N–H and O–H groups in total. The summed E-state index contributed by atoms with van der Waals surface area (Å²) in [5.74, 6) is 0. The lowest BCUT2D eigenvalue weighted by Gasteiger charge is -2.22. The number of thiophene rings is 1. The average molecular weight is 318 g/mol. The van der Waals surface area contributed by atoms with Crippen LogP contribution < -0.4 is 10.6 Å². The Bertz CT molecular complexity index is 568. The van der Waals surface area contributed by atoms with Gasteiger partial charge in [0.05, 0.1) is 6.54 Å². The molecule has 0 aliphatic rings. The van der Waals surface area contributed by atoms with Crippen LogP contribution in [0.5, 0.6) is 0 Å². The lowest BCUT2D eigenvalue weighted by Crippen LogP contribution is -2.43. The first-order chi connectivity index (χ1) is 10.6. The van der Waals surface area contributed by atoms with E-state index < -0.39 is 5.60 Å². The van der Waals surface area contributed by atoms with E-state index in [9.17, 15) is 9.90 Å². The number of nitrogens with one attached hydrogen (secondary N) is 2. The Labute approximate surface area is 135 Å². The summed E-state index contributed by atoms with van der Waals surface area (Å²) >= 11 is 1.48. The van der Waals surface area contributed by atoms with Crippen molar-refractivity contribution in [2.24, 2.45) is 0 Å². The van der Waals surface area contributed by atoms with Crippen molar-refractivity contribution in [2.45, 2.75) is 25.4 Å². The number of hydrogen-bond donors (Lipinski definition) is 3. The molecule has 1 aromatic carbocycles. The van der Waals surface area contributed by atoms with Crippen LogP contribution >= 0.6 is 11.3 Å². The van der Waals surface area contributed by atoms with Gasteiger partial charge in [0.1, 0.15) is 5.60 Å². The average Bonchev–Trinajstić information content (AvgIpc) is 3.06. The lowest BCUT2D eigenvalue weighted by atomic mass is 10.1. The molecular weight excluding hydrogens is 296 g/mol. The molecule has 0 bridgehead atoms. The Hall–Kier alpha value is -1.85. The van der Waals surface area contributed by atoms with E-state index in [4.69, 9.17) is 0 Å². The van der Waals surface area contributed by atoms with Gasteiger partial charge in [0, 0.05) is 11.4 Å². The predicted molar refractivity (Wildman–Crippen MR) is 90.1 cm³/mol. The molecule has 0 aliphatic heterocycles. The highest BCUT2D eigenvalue weighted by molar-refractivity contribution is 7.10. The third-order valence-corrected chi connectivity index (χ3v) is 4.54. The van der Waals surface area contributed by atoms with Gasteiger partial charge < -0.3 is 15.7 Å². The van der Waals surface area contributed by atoms with E-state index in [0.29, 0.717) is 6.54 Å². The first kappa shape index (κ1) is 16.5. The molecule has 118 valence electrons. The van der Waals surface area contributed by atoms with Gasteiger partial charge in [0.15, 0.2) is 0 Å². The number of hydrogen-bond acceptors (Lipinski definition) is 3. The number of benzene rings is 1. The second kappa shape index (κ2) is 7.96. The SMILES string of the molecule is CC(O)(CNC(=O)NCCCc1ccccc1)c1cccs1. The van der Waals surface area contributed by atoms with E-state index >= 15 is 0 Å². The molecule has 22 heavy (non-hydrogen) atoms. The number of carbonyl (C=O) groups excluding carboxylic acids is 1. The van der Waals surface area contributed by atoms with E-state index in [-0.39, 0.29) is 12.6 Å². The molecule has 0 saturated heterocycles. The third kappa shape index (κ3) is 5.16. The second-order valence-electron chi connectivity index (χ2n) is 5.45. The first-order valence-electron chi connectivity index (χ1n) is 7.40. The maximum atomic E-state index is 11.7. The summed E-state index contributed by atoms with van der Waals surface area (Å²) < 4.78 is 0. The van der Waals surface area contributed by atoms with Crippen LogP contribution in [0, 0.1) is 0 Å². The highest BCUT2D eigenvalue weighted by Gasteiger charge is 2.24. The minimum atomic E-state index is -1.03. The van der Waals surface area contributed by atoms with Crippen LogP contribution in [0.15, 0.2) is 47.8 Å². The molecule has 2 amide bonds. The zero-order chi connectivity index (χ0) is 15.8. The van der Waals surface area contributed by atoms with Crippen molar-refractivity contribution in [3.8, 4) is 0 Å². The van der Waals surface area contributed by atoms with E-state index in [0.717, 1.165) is 17.7 Å². The Morgan fingerprint density at radius 3 is 2.64 bits per heavy atom. The monoisotopic (exact) mass is 318 g/mol. The summed E-state index contributed by atoms with van der Waals surface area (Å²) in [5.41, 5.74) is 0.237. The molecular formula is C17H22N2O2S. The van der Waals surface area contributed by atoms with Crippen LogP contribution in [0.3, 0.4) is 0 Å². The van der Waals surface area contributed by atoms with Gasteiger partial charge >= 0.3 is 6.03 Å². The van der Waals surface area contributed by atoms with Gasteiger partial charge in [-0.2, -0.15) is 0 Å². The topological polar surface area (TPSA) is 61.4 Å². The van der Waals surface area contributed by atoms with Crippen LogP contribution in [0.1, 0.15) is 23.8 Å². The Morgan fingerprint density at radius 2 is 1.95 bits per heavy atom. The van der Waals surface area contributed by atoms with Crippen LogP contribution in [0.4, 0.5) is 4.79 Å². The van der Waals surface area contributed by atoms with Crippen molar-refractivity contribution in [1.29, 1.82) is 0 Å². The number of amides is 2. The fourth-order valence-electron chi connectivity index (χ4n) is 2.13. The summed E-state index contributed by atoms with van der Waals surface area (Å²) in [6.45, 7) is 2.51. The zero-order valence-corrected chi connectivity index (χ0v) is 13.5. The number of urea groups is 1. The lowest BCUT2D eigenvalue weighted by molar-refractivity contribution is 0.0631. The predicted octanol–water partition coefficient (Wildman–Crippen LogP) is 2.89. The summed E-state index contributed by atoms with van der Waals surface area (Å²) in [5, 5.41) is 17.8. The summed E-state index contributed by atoms with van der Waals surface area (Å²) in [7, 11) is 0. The normalized spacial score (nSPS) is 13.4. The molecule has 5 heteroatoms. The maximum Gasteiger partial charge on any atom is 0.314 e. The van der Waals surface area contributed by atoms with Crippen molar-refractivity contribution in [3.63, 3.8) is 0 Å². The minimum absolute atomic E-state index is 0.192. The molecule has 4 nitrogen and oxygen atoms in total. The summed E-state index contributed by atoms with van der Waals surface area (Å²) in [6, 6.07) is 13.7. The first-order valence-corrected chi connectivity index (χ1v) is 8.28. The van der Waals surface area contributed by atoms with E-state index in [1.54, 1.807) is 6.92 Å². The van der Waals surface area contributed by atoms with Crippen molar-refractivity contribution >= 4 is 17.4 Å². The van der Waals surface area contributed by atoms with Crippen molar-refractivity contribution in [3.05, 3.63) is 58.3 Å². The number of aryl methyl sites for hydroxylation is 1. The molecule has 2 aromatic rings. The van der Waals surface area contributed by atoms with Gasteiger partial charge in [0.2, 0.25) is 0 Å². The molecule has 2 rings (SSSR count). The molecule has 0 radical (unpaired) electrons. The molecule has 0 fully saturated rings. The van der Waals surface area contributed by atoms with Gasteiger partial charge in [-0.05, 0) is 36.8 Å². The summed E-state index contributed by atoms with van der Waals surface area (Å²) in [4.78, 5) is 12.6. The van der Waals surface area contributed by atoms with Gasteiger partial charge in [-0.25, -0.2) is 4.79 Å². The summed E-state index contributed by atoms with van der Waals surface area (Å²) in [6.07, 6.45) is 1.83. The minimum Gasteiger partial charge on any atom is -0.383 e. The fourth-order valence-corrected chi connectivity index (χ4v) is 2.91. The Kier molecular flexibility index (Phi) is 5.98. The zero-order valence-electron chi connectivity index (χ0n) is 12.7. The molecule has 1 atom stereocenters. The molecule has 1 aromatic heterocycles. The molecule has 0 saturated carbocycles.